The van der Waals surface area contributed by atoms with Gasteiger partial charge in [-0.1, -0.05) is 23.1 Å². The van der Waals surface area contributed by atoms with Crippen LogP contribution in [0.3, 0.4) is 0 Å². The van der Waals surface area contributed by atoms with Gasteiger partial charge in [0.2, 0.25) is 5.54 Å². The Bertz CT molecular complexity index is 1370. The summed E-state index contributed by atoms with van der Waals surface area (Å²) in [6.45, 7) is 0.209. The molecule has 2 N–H and O–H groups in total. The van der Waals surface area contributed by atoms with E-state index in [1.165, 1.54) is 12.0 Å². The van der Waals surface area contributed by atoms with Crippen molar-refractivity contribution in [3.63, 3.8) is 0 Å². The van der Waals surface area contributed by atoms with E-state index in [9.17, 15) is 14.4 Å². The standard InChI is InChI=1S/C22H18N6O4.H2/c1-27-18-9-13(3-6-17(18)25-26-27)7-8-22(20(30)23-21(31)24-22)12-28-11-14-4-5-15(32-2)10-16(14)19(28)29;/h3-6,9-10H,11-12H2,1-2H3,(H2,23,24,30,31);1H/t22-;/m1./s1. The molecule has 1 saturated heterocycles. The van der Waals surface area contributed by atoms with E-state index >= 15 is 0 Å². The van der Waals surface area contributed by atoms with Gasteiger partial charge in [0, 0.05) is 26.1 Å². The number of aromatic nitrogens is 3. The number of nitrogens with one attached hydrogen (secondary N) is 2. The molecule has 1 atom stereocenters. The number of carbonyl (C=O) groups excluding carboxylic acids is 3. The zero-order chi connectivity index (χ0) is 22.5. The number of ether oxygens (including phenoxy) is 1. The zero-order valence-electron chi connectivity index (χ0n) is 17.3. The average molecular weight is 432 g/mol. The minimum absolute atomic E-state index is 0. The van der Waals surface area contributed by atoms with Crippen molar-refractivity contribution < 1.29 is 20.5 Å². The third-order valence-corrected chi connectivity index (χ3v) is 5.60. The summed E-state index contributed by atoms with van der Waals surface area (Å²) in [6, 6.07) is 9.94. The lowest BCUT2D eigenvalue weighted by Crippen LogP contribution is -2.54. The predicted molar refractivity (Wildman–Crippen MR) is 115 cm³/mol. The van der Waals surface area contributed by atoms with Crippen LogP contribution < -0.4 is 15.4 Å². The second kappa shape index (κ2) is 7.09. The Kier molecular flexibility index (Phi) is 4.34. The van der Waals surface area contributed by atoms with Crippen LogP contribution in [-0.2, 0) is 18.4 Å². The SMILES string of the molecule is COc1ccc2c(c1)C(=O)N(C[C@@]1(C#Cc3ccc4nnn(C)c4c3)NC(=O)NC1=O)C2.[HH]. The molecule has 2 aliphatic heterocycles. The van der Waals surface area contributed by atoms with Crippen LogP contribution in [0.2, 0.25) is 0 Å². The van der Waals surface area contributed by atoms with E-state index in [1.54, 1.807) is 42.1 Å². The molecule has 3 aromatic rings. The molecule has 0 unspecified atom stereocenters. The van der Waals surface area contributed by atoms with Crippen LogP contribution in [0.5, 0.6) is 5.75 Å². The van der Waals surface area contributed by atoms with Gasteiger partial charge in [0.05, 0.1) is 19.2 Å². The van der Waals surface area contributed by atoms with E-state index in [4.69, 9.17) is 4.74 Å². The highest BCUT2D eigenvalue weighted by Gasteiger charge is 2.48. The number of hydrogen-bond acceptors (Lipinski definition) is 6. The normalized spacial score (nSPS) is 19.4. The fraction of sp³-hybridized carbons (Fsp3) is 0.227. The molecule has 10 heteroatoms. The van der Waals surface area contributed by atoms with Crippen molar-refractivity contribution in [3.05, 3.63) is 53.1 Å². The number of methoxy groups -OCH3 is 1. The first-order valence-electron chi connectivity index (χ1n) is 9.81. The predicted octanol–water partition coefficient (Wildman–Crippen LogP) is 0.809. The van der Waals surface area contributed by atoms with Gasteiger partial charge in [-0.15, -0.1) is 5.10 Å². The maximum Gasteiger partial charge on any atom is 0.323 e. The molecule has 3 heterocycles. The molecule has 0 aliphatic carbocycles. The quantitative estimate of drug-likeness (QED) is 0.467. The number of nitrogens with zero attached hydrogens (tertiary/aromatic N) is 4. The molecule has 5 rings (SSSR count). The van der Waals surface area contributed by atoms with Crippen LogP contribution in [0.15, 0.2) is 36.4 Å². The van der Waals surface area contributed by atoms with E-state index in [2.05, 4.69) is 32.8 Å². The van der Waals surface area contributed by atoms with Crippen LogP contribution in [-0.4, -0.2) is 56.9 Å². The van der Waals surface area contributed by atoms with Crippen molar-refractivity contribution >= 4 is 28.9 Å². The lowest BCUT2D eigenvalue weighted by Gasteiger charge is -2.26. The van der Waals surface area contributed by atoms with Crippen LogP contribution in [0, 0.1) is 11.8 Å². The average Bonchev–Trinajstić information content (AvgIpc) is 3.40. The van der Waals surface area contributed by atoms with Crippen molar-refractivity contribution in [1.82, 2.24) is 30.5 Å². The number of rotatable bonds is 3. The molecular weight excluding hydrogens is 412 g/mol. The Labute approximate surface area is 184 Å². The summed E-state index contributed by atoms with van der Waals surface area (Å²) >= 11 is 0. The summed E-state index contributed by atoms with van der Waals surface area (Å²) in [5.41, 5.74) is 1.87. The fourth-order valence-corrected chi connectivity index (χ4v) is 3.90. The first-order valence-corrected chi connectivity index (χ1v) is 9.81. The molecule has 1 aromatic heterocycles. The highest BCUT2D eigenvalue weighted by molar-refractivity contribution is 6.10. The summed E-state index contributed by atoms with van der Waals surface area (Å²) in [7, 11) is 3.30. The molecule has 0 radical (unpaired) electrons. The van der Waals surface area contributed by atoms with Gasteiger partial charge in [0.15, 0.2) is 0 Å². The first-order chi connectivity index (χ1) is 15.4. The summed E-state index contributed by atoms with van der Waals surface area (Å²) in [4.78, 5) is 39.2. The third kappa shape index (κ3) is 3.11. The lowest BCUT2D eigenvalue weighted by atomic mass is 9.99. The Morgan fingerprint density at radius 2 is 2.06 bits per heavy atom. The minimum atomic E-state index is -1.57. The number of fused-ring (bicyclic) bond motifs is 2. The number of aryl methyl sites for hydroxylation is 1. The van der Waals surface area contributed by atoms with Gasteiger partial charge < -0.3 is 15.0 Å². The molecule has 2 aromatic carbocycles. The number of amides is 4. The van der Waals surface area contributed by atoms with Gasteiger partial charge in [0.25, 0.3) is 11.8 Å². The third-order valence-electron chi connectivity index (χ3n) is 5.60. The highest BCUT2D eigenvalue weighted by atomic mass is 16.5. The Morgan fingerprint density at radius 1 is 1.22 bits per heavy atom. The molecule has 4 amide bonds. The maximum absolute atomic E-state index is 13.0. The monoisotopic (exact) mass is 432 g/mol. The van der Waals surface area contributed by atoms with Crippen molar-refractivity contribution in [2.45, 2.75) is 12.1 Å². The Morgan fingerprint density at radius 3 is 2.81 bits per heavy atom. The highest BCUT2D eigenvalue weighted by Crippen LogP contribution is 2.28. The van der Waals surface area contributed by atoms with Crippen LogP contribution in [0.25, 0.3) is 11.0 Å². The number of benzene rings is 2. The summed E-state index contributed by atoms with van der Waals surface area (Å²) in [5, 5.41) is 12.8. The van der Waals surface area contributed by atoms with Gasteiger partial charge in [0.1, 0.15) is 11.3 Å². The molecule has 0 saturated carbocycles. The van der Waals surface area contributed by atoms with Gasteiger partial charge >= 0.3 is 6.03 Å². The molecule has 10 nitrogen and oxygen atoms in total. The van der Waals surface area contributed by atoms with E-state index < -0.39 is 17.5 Å². The Balaban J connectivity index is 0.00000259. The molecule has 0 bridgehead atoms. The molecule has 2 aliphatic rings. The molecule has 0 spiro atoms. The molecule has 32 heavy (non-hydrogen) atoms. The fourth-order valence-electron chi connectivity index (χ4n) is 3.90. The zero-order valence-corrected chi connectivity index (χ0v) is 17.3. The molecule has 162 valence electrons. The van der Waals surface area contributed by atoms with Crippen molar-refractivity contribution in [3.8, 4) is 17.6 Å². The summed E-state index contributed by atoms with van der Waals surface area (Å²) < 4.78 is 6.82. The minimum Gasteiger partial charge on any atom is -0.497 e. The van der Waals surface area contributed by atoms with Gasteiger partial charge in [-0.05, 0) is 35.9 Å². The smallest absolute Gasteiger partial charge is 0.323 e. The van der Waals surface area contributed by atoms with E-state index in [0.717, 1.165) is 16.6 Å². The topological polar surface area (TPSA) is 118 Å². The maximum atomic E-state index is 13.0. The van der Waals surface area contributed by atoms with Crippen molar-refractivity contribution in [2.24, 2.45) is 7.05 Å². The first kappa shape index (κ1) is 19.6. The number of carbonyl (C=O) groups is 3. The molecular formula is C22H20N6O4. The van der Waals surface area contributed by atoms with Crippen molar-refractivity contribution in [1.29, 1.82) is 0 Å². The number of hydrogen-bond donors (Lipinski definition) is 2. The van der Waals surface area contributed by atoms with E-state index in [-0.39, 0.29) is 13.9 Å². The summed E-state index contributed by atoms with van der Waals surface area (Å²) in [6.07, 6.45) is 0. The van der Waals surface area contributed by atoms with E-state index in [1.807, 2.05) is 6.07 Å². The van der Waals surface area contributed by atoms with Crippen LogP contribution in [0.1, 0.15) is 22.9 Å². The van der Waals surface area contributed by atoms with Crippen molar-refractivity contribution in [2.75, 3.05) is 13.7 Å². The van der Waals surface area contributed by atoms with Gasteiger partial charge in [-0.3, -0.25) is 14.9 Å². The van der Waals surface area contributed by atoms with Gasteiger partial charge in [-0.25, -0.2) is 9.48 Å². The number of urea groups is 1. The lowest BCUT2D eigenvalue weighted by molar-refractivity contribution is -0.122. The second-order valence-electron chi connectivity index (χ2n) is 7.66. The van der Waals surface area contributed by atoms with Gasteiger partial charge in [-0.2, -0.15) is 0 Å². The number of imide groups is 1. The van der Waals surface area contributed by atoms with Crippen LogP contribution >= 0.6 is 0 Å². The molecule has 1 fully saturated rings. The second-order valence-corrected chi connectivity index (χ2v) is 7.66. The van der Waals surface area contributed by atoms with Crippen LogP contribution in [0.4, 0.5) is 4.79 Å². The Hall–Kier alpha value is -4.39. The summed E-state index contributed by atoms with van der Waals surface area (Å²) in [5.74, 6) is 5.58. The van der Waals surface area contributed by atoms with E-state index in [0.29, 0.717) is 23.4 Å². The largest absolute Gasteiger partial charge is 0.497 e.